The van der Waals surface area contributed by atoms with Gasteiger partial charge in [-0.1, -0.05) is 30.3 Å². The van der Waals surface area contributed by atoms with Crippen LogP contribution in [0, 0.1) is 0 Å². The van der Waals surface area contributed by atoms with Crippen molar-refractivity contribution in [2.75, 3.05) is 6.54 Å². The summed E-state index contributed by atoms with van der Waals surface area (Å²) in [6.45, 7) is 2.95. The molecule has 0 bridgehead atoms. The zero-order chi connectivity index (χ0) is 16.6. The second kappa shape index (κ2) is 6.10. The average molecular weight is 346 g/mol. The van der Waals surface area contributed by atoms with E-state index < -0.39 is 0 Å². The van der Waals surface area contributed by atoms with Crippen molar-refractivity contribution in [2.45, 2.75) is 19.5 Å². The van der Waals surface area contributed by atoms with E-state index in [1.54, 1.807) is 11.3 Å². The van der Waals surface area contributed by atoms with E-state index in [2.05, 4.69) is 63.9 Å². The van der Waals surface area contributed by atoms with E-state index in [1.165, 1.54) is 26.9 Å². The zero-order valence-electron chi connectivity index (χ0n) is 13.8. The molecule has 3 aromatic heterocycles. The smallest absolute Gasteiger partial charge is 0.162 e. The van der Waals surface area contributed by atoms with Crippen LogP contribution in [0.25, 0.3) is 15.9 Å². The standard InChI is InChI=1S/C20H18N4S/c1-2-4-15(5-3-1)12-23-10-7-16-13-24(22-18(16)14-23)20-17-8-11-25-19(17)6-9-21-20/h1-6,8-9,11,13H,7,10,12,14H2. The number of aromatic nitrogens is 3. The Balaban J connectivity index is 1.43. The fourth-order valence-corrected chi connectivity index (χ4v) is 4.28. The van der Waals surface area contributed by atoms with E-state index in [0.717, 1.165) is 31.9 Å². The van der Waals surface area contributed by atoms with Crippen molar-refractivity contribution in [3.8, 4) is 5.82 Å². The van der Waals surface area contributed by atoms with E-state index in [-0.39, 0.29) is 0 Å². The van der Waals surface area contributed by atoms with Crippen LogP contribution in [0.4, 0.5) is 0 Å². The predicted octanol–water partition coefficient (Wildman–Crippen LogP) is 4.04. The van der Waals surface area contributed by atoms with Gasteiger partial charge in [-0.05, 0) is 35.1 Å². The Morgan fingerprint density at radius 3 is 2.92 bits per heavy atom. The lowest BCUT2D eigenvalue weighted by molar-refractivity contribution is 0.242. The van der Waals surface area contributed by atoms with Gasteiger partial charge in [-0.3, -0.25) is 4.90 Å². The minimum atomic E-state index is 0.900. The fourth-order valence-electron chi connectivity index (χ4n) is 3.50. The molecule has 1 aliphatic rings. The summed E-state index contributed by atoms with van der Waals surface area (Å²) in [6, 6.07) is 14.8. The summed E-state index contributed by atoms with van der Waals surface area (Å²) >= 11 is 1.74. The highest BCUT2D eigenvalue weighted by molar-refractivity contribution is 7.17. The van der Waals surface area contributed by atoms with Crippen LogP contribution in [0.3, 0.4) is 0 Å². The highest BCUT2D eigenvalue weighted by Crippen LogP contribution is 2.26. The minimum absolute atomic E-state index is 0.900. The number of nitrogens with zero attached hydrogens (tertiary/aromatic N) is 4. The van der Waals surface area contributed by atoms with Crippen LogP contribution < -0.4 is 0 Å². The van der Waals surface area contributed by atoms with Crippen molar-refractivity contribution < 1.29 is 0 Å². The number of hydrogen-bond acceptors (Lipinski definition) is 4. The molecule has 25 heavy (non-hydrogen) atoms. The highest BCUT2D eigenvalue weighted by atomic mass is 32.1. The molecule has 124 valence electrons. The number of thiophene rings is 1. The third kappa shape index (κ3) is 2.75. The minimum Gasteiger partial charge on any atom is -0.293 e. The van der Waals surface area contributed by atoms with Gasteiger partial charge in [0.1, 0.15) is 0 Å². The summed E-state index contributed by atoms with van der Waals surface area (Å²) in [6.07, 6.45) is 5.08. The van der Waals surface area contributed by atoms with E-state index in [1.807, 2.05) is 10.9 Å². The van der Waals surface area contributed by atoms with Crippen LogP contribution in [-0.4, -0.2) is 26.2 Å². The largest absolute Gasteiger partial charge is 0.293 e. The van der Waals surface area contributed by atoms with Crippen molar-refractivity contribution in [1.82, 2.24) is 19.7 Å². The summed E-state index contributed by atoms with van der Waals surface area (Å²) in [5.41, 5.74) is 3.88. The molecule has 0 spiro atoms. The molecular formula is C20H18N4S. The van der Waals surface area contributed by atoms with Gasteiger partial charge >= 0.3 is 0 Å². The van der Waals surface area contributed by atoms with E-state index in [9.17, 15) is 0 Å². The number of hydrogen-bond donors (Lipinski definition) is 0. The maximum atomic E-state index is 4.86. The second-order valence-corrected chi connectivity index (χ2v) is 7.41. The van der Waals surface area contributed by atoms with Gasteiger partial charge in [-0.2, -0.15) is 5.10 Å². The summed E-state index contributed by atoms with van der Waals surface area (Å²) in [5.74, 6) is 0.933. The molecule has 0 unspecified atom stereocenters. The molecule has 5 rings (SSSR count). The molecule has 4 aromatic rings. The quantitative estimate of drug-likeness (QED) is 0.561. The zero-order valence-corrected chi connectivity index (χ0v) is 14.6. The summed E-state index contributed by atoms with van der Waals surface area (Å²) in [5, 5.41) is 8.15. The molecule has 4 nitrogen and oxygen atoms in total. The van der Waals surface area contributed by atoms with Gasteiger partial charge in [-0.25, -0.2) is 9.67 Å². The maximum absolute atomic E-state index is 4.86. The van der Waals surface area contributed by atoms with Crippen LogP contribution in [0.15, 0.2) is 60.2 Å². The highest BCUT2D eigenvalue weighted by Gasteiger charge is 2.21. The molecule has 5 heteroatoms. The molecule has 0 fully saturated rings. The molecule has 0 radical (unpaired) electrons. The van der Waals surface area contributed by atoms with Gasteiger partial charge in [0.05, 0.1) is 5.69 Å². The van der Waals surface area contributed by atoms with Crippen molar-refractivity contribution in [3.05, 3.63) is 77.1 Å². The normalized spacial score (nSPS) is 14.7. The molecule has 0 aliphatic carbocycles. The first-order valence-corrected chi connectivity index (χ1v) is 9.41. The second-order valence-electron chi connectivity index (χ2n) is 6.46. The Hall–Kier alpha value is -2.50. The van der Waals surface area contributed by atoms with E-state index >= 15 is 0 Å². The van der Waals surface area contributed by atoms with Gasteiger partial charge in [0.15, 0.2) is 5.82 Å². The maximum Gasteiger partial charge on any atom is 0.162 e. The van der Waals surface area contributed by atoms with Gasteiger partial charge in [-0.15, -0.1) is 11.3 Å². The first-order valence-electron chi connectivity index (χ1n) is 8.53. The topological polar surface area (TPSA) is 34.0 Å². The van der Waals surface area contributed by atoms with Crippen molar-refractivity contribution in [1.29, 1.82) is 0 Å². The first-order chi connectivity index (χ1) is 12.4. The monoisotopic (exact) mass is 346 g/mol. The number of rotatable bonds is 3. The van der Waals surface area contributed by atoms with Crippen molar-refractivity contribution in [2.24, 2.45) is 0 Å². The lowest BCUT2D eigenvalue weighted by atomic mass is 10.1. The Kier molecular flexibility index (Phi) is 3.61. The lowest BCUT2D eigenvalue weighted by Gasteiger charge is -2.25. The Morgan fingerprint density at radius 1 is 1.08 bits per heavy atom. The van der Waals surface area contributed by atoms with Gasteiger partial charge in [0.2, 0.25) is 0 Å². The molecule has 0 atom stereocenters. The Morgan fingerprint density at radius 2 is 2.00 bits per heavy atom. The van der Waals surface area contributed by atoms with Crippen LogP contribution >= 0.6 is 11.3 Å². The SMILES string of the molecule is c1ccc(CN2CCc3cn(-c4nccc5sccc45)nc3C2)cc1. The predicted molar refractivity (Wildman–Crippen MR) is 101 cm³/mol. The first kappa shape index (κ1) is 14.8. The molecule has 0 amide bonds. The van der Waals surface area contributed by atoms with E-state index in [4.69, 9.17) is 5.10 Å². The molecule has 1 aliphatic heterocycles. The molecule has 4 heterocycles. The van der Waals surface area contributed by atoms with Crippen LogP contribution in [0.2, 0.25) is 0 Å². The Bertz CT molecular complexity index is 1020. The molecule has 1 aromatic carbocycles. The number of pyridine rings is 1. The number of fused-ring (bicyclic) bond motifs is 2. The third-order valence-corrected chi connectivity index (χ3v) is 5.65. The summed E-state index contributed by atoms with van der Waals surface area (Å²) < 4.78 is 3.22. The van der Waals surface area contributed by atoms with Crippen LogP contribution in [0.1, 0.15) is 16.8 Å². The van der Waals surface area contributed by atoms with Gasteiger partial charge < -0.3 is 0 Å². The van der Waals surface area contributed by atoms with Gasteiger partial charge in [0, 0.05) is 42.1 Å². The van der Waals surface area contributed by atoms with Crippen molar-refractivity contribution in [3.63, 3.8) is 0 Å². The summed E-state index contributed by atoms with van der Waals surface area (Å²) in [4.78, 5) is 7.04. The van der Waals surface area contributed by atoms with Crippen LogP contribution in [-0.2, 0) is 19.5 Å². The van der Waals surface area contributed by atoms with Crippen molar-refractivity contribution >= 4 is 21.4 Å². The lowest BCUT2D eigenvalue weighted by Crippen LogP contribution is -2.29. The third-order valence-electron chi connectivity index (χ3n) is 4.77. The fraction of sp³-hybridized carbons (Fsp3) is 0.200. The Labute approximate surface area is 150 Å². The van der Waals surface area contributed by atoms with E-state index in [0.29, 0.717) is 0 Å². The molecular weight excluding hydrogens is 328 g/mol. The molecule has 0 saturated heterocycles. The molecule has 0 saturated carbocycles. The van der Waals surface area contributed by atoms with Crippen LogP contribution in [0.5, 0.6) is 0 Å². The molecule has 0 N–H and O–H groups in total. The van der Waals surface area contributed by atoms with Gasteiger partial charge in [0.25, 0.3) is 0 Å². The summed E-state index contributed by atoms with van der Waals surface area (Å²) in [7, 11) is 0. The number of benzene rings is 1. The average Bonchev–Trinajstić information content (AvgIpc) is 3.28.